The Morgan fingerprint density at radius 2 is 2.18 bits per heavy atom. The Kier molecular flexibility index (Phi) is 2.91. The first-order valence-corrected chi connectivity index (χ1v) is 5.64. The summed E-state index contributed by atoms with van der Waals surface area (Å²) >= 11 is 0. The van der Waals surface area contributed by atoms with Crippen LogP contribution in [0.3, 0.4) is 0 Å². The van der Waals surface area contributed by atoms with Crippen LogP contribution in [-0.4, -0.2) is 18.4 Å². The van der Waals surface area contributed by atoms with E-state index in [9.17, 15) is 9.18 Å². The minimum absolute atomic E-state index is 0.0150. The van der Waals surface area contributed by atoms with Crippen molar-refractivity contribution in [1.29, 1.82) is 0 Å². The molecule has 4 heteroatoms. The molecule has 3 nitrogen and oxygen atoms in total. The maximum atomic E-state index is 13.9. The van der Waals surface area contributed by atoms with Gasteiger partial charge in [0.2, 0.25) is 0 Å². The van der Waals surface area contributed by atoms with E-state index in [2.05, 4.69) is 0 Å². The highest BCUT2D eigenvalue weighted by molar-refractivity contribution is 6.03. The zero-order valence-corrected chi connectivity index (χ0v) is 10.00. The molecule has 2 rings (SSSR count). The summed E-state index contributed by atoms with van der Waals surface area (Å²) in [6.45, 7) is 1.67. The summed E-state index contributed by atoms with van der Waals surface area (Å²) in [7, 11) is 1.37. The topological polar surface area (TPSA) is 52.3 Å². The van der Waals surface area contributed by atoms with Crippen molar-refractivity contribution in [3.8, 4) is 5.75 Å². The minimum atomic E-state index is -0.979. The van der Waals surface area contributed by atoms with Gasteiger partial charge in [-0.25, -0.2) is 4.39 Å². The Balaban J connectivity index is 2.37. The van der Waals surface area contributed by atoms with Crippen molar-refractivity contribution in [3.05, 3.63) is 29.6 Å². The van der Waals surface area contributed by atoms with Crippen LogP contribution in [0.15, 0.2) is 18.2 Å². The number of hydrogen-bond acceptors (Lipinski definition) is 3. The number of Topliss-reactive ketones (excluding diaryl/α,β-unsaturated/α-hetero) is 1. The van der Waals surface area contributed by atoms with Gasteiger partial charge in [0.05, 0.1) is 18.2 Å². The van der Waals surface area contributed by atoms with Crippen molar-refractivity contribution in [2.75, 3.05) is 7.11 Å². The van der Waals surface area contributed by atoms with Crippen molar-refractivity contribution >= 4 is 5.78 Å². The van der Waals surface area contributed by atoms with E-state index in [1.807, 2.05) is 0 Å². The average molecular weight is 237 g/mol. The maximum Gasteiger partial charge on any atom is 0.185 e. The zero-order valence-electron chi connectivity index (χ0n) is 10.00. The lowest BCUT2D eigenvalue weighted by Crippen LogP contribution is -2.47. The fourth-order valence-corrected chi connectivity index (χ4v) is 2.00. The highest BCUT2D eigenvalue weighted by Crippen LogP contribution is 2.40. The summed E-state index contributed by atoms with van der Waals surface area (Å²) < 4.78 is 18.8. The van der Waals surface area contributed by atoms with Crippen LogP contribution in [0.4, 0.5) is 4.39 Å². The molecule has 1 aliphatic rings. The third kappa shape index (κ3) is 2.05. The second kappa shape index (κ2) is 4.11. The number of ketones is 1. The van der Waals surface area contributed by atoms with E-state index < -0.39 is 11.4 Å². The molecule has 92 valence electrons. The number of nitrogens with two attached hydrogens (primary N) is 1. The summed E-state index contributed by atoms with van der Waals surface area (Å²) in [6.07, 6.45) is 1.87. The molecular formula is C13H16FNO2. The van der Waals surface area contributed by atoms with Gasteiger partial charge in [0.25, 0.3) is 0 Å². The monoisotopic (exact) mass is 237 g/mol. The number of carbonyl (C=O) groups excluding carboxylic acids is 1. The lowest BCUT2D eigenvalue weighted by Gasteiger charge is -2.23. The molecule has 1 fully saturated rings. The first kappa shape index (κ1) is 12.0. The third-order valence-corrected chi connectivity index (χ3v) is 3.34. The van der Waals surface area contributed by atoms with E-state index in [0.717, 1.165) is 12.8 Å². The summed E-state index contributed by atoms with van der Waals surface area (Å²) in [5.41, 5.74) is 5.04. The van der Waals surface area contributed by atoms with Gasteiger partial charge in [-0.1, -0.05) is 6.07 Å². The molecule has 1 aliphatic carbocycles. The lowest BCUT2D eigenvalue weighted by molar-refractivity contribution is 0.0878. The molecule has 0 aromatic heterocycles. The normalized spacial score (nSPS) is 18.6. The molecule has 0 bridgehead atoms. The molecule has 0 saturated heterocycles. The van der Waals surface area contributed by atoms with E-state index in [0.29, 0.717) is 0 Å². The fraction of sp³-hybridized carbons (Fsp3) is 0.462. The fourth-order valence-electron chi connectivity index (χ4n) is 2.00. The van der Waals surface area contributed by atoms with E-state index in [1.54, 1.807) is 13.0 Å². The molecular weight excluding hydrogens is 221 g/mol. The van der Waals surface area contributed by atoms with Gasteiger partial charge in [-0.15, -0.1) is 0 Å². The average Bonchev–Trinajstić information content (AvgIpc) is 3.12. The van der Waals surface area contributed by atoms with Crippen LogP contribution in [0.1, 0.15) is 30.1 Å². The third-order valence-electron chi connectivity index (χ3n) is 3.34. The molecule has 0 aliphatic heterocycles. The number of rotatable bonds is 4. The van der Waals surface area contributed by atoms with Crippen LogP contribution >= 0.6 is 0 Å². The number of benzene rings is 1. The standard InChI is InChI=1S/C13H16FNO2/c1-13(15,8-6-7-8)12(16)9-4-3-5-10(17-2)11(9)14/h3-5,8H,6-7,15H2,1-2H3. The van der Waals surface area contributed by atoms with Gasteiger partial charge in [0.1, 0.15) is 0 Å². The number of hydrogen-bond donors (Lipinski definition) is 1. The van der Waals surface area contributed by atoms with Gasteiger partial charge >= 0.3 is 0 Å². The van der Waals surface area contributed by atoms with Crippen LogP contribution in [0.2, 0.25) is 0 Å². The first-order valence-electron chi connectivity index (χ1n) is 5.64. The van der Waals surface area contributed by atoms with E-state index in [4.69, 9.17) is 10.5 Å². The van der Waals surface area contributed by atoms with Gasteiger partial charge in [-0.3, -0.25) is 4.79 Å². The largest absolute Gasteiger partial charge is 0.494 e. The van der Waals surface area contributed by atoms with Crippen molar-refractivity contribution in [2.24, 2.45) is 11.7 Å². The summed E-state index contributed by atoms with van der Waals surface area (Å²) in [5, 5.41) is 0. The Morgan fingerprint density at radius 3 is 2.71 bits per heavy atom. The maximum absolute atomic E-state index is 13.9. The Morgan fingerprint density at radius 1 is 1.53 bits per heavy atom. The van der Waals surface area contributed by atoms with Gasteiger partial charge in [-0.2, -0.15) is 0 Å². The number of methoxy groups -OCH3 is 1. The van der Waals surface area contributed by atoms with Crippen LogP contribution in [0.25, 0.3) is 0 Å². The highest BCUT2D eigenvalue weighted by Gasteiger charge is 2.45. The molecule has 1 atom stereocenters. The predicted molar refractivity (Wildman–Crippen MR) is 62.6 cm³/mol. The molecule has 1 aromatic rings. The molecule has 1 aromatic carbocycles. The smallest absolute Gasteiger partial charge is 0.185 e. The Labute approximate surface area is 99.8 Å². The van der Waals surface area contributed by atoms with Crippen molar-refractivity contribution in [1.82, 2.24) is 0 Å². The minimum Gasteiger partial charge on any atom is -0.494 e. The lowest BCUT2D eigenvalue weighted by atomic mass is 9.87. The van der Waals surface area contributed by atoms with E-state index in [-0.39, 0.29) is 23.0 Å². The van der Waals surface area contributed by atoms with Crippen LogP contribution < -0.4 is 10.5 Å². The molecule has 0 radical (unpaired) electrons. The highest BCUT2D eigenvalue weighted by atomic mass is 19.1. The molecule has 1 saturated carbocycles. The van der Waals surface area contributed by atoms with Gasteiger partial charge in [0, 0.05) is 0 Å². The second-order valence-electron chi connectivity index (χ2n) is 4.71. The zero-order chi connectivity index (χ0) is 12.6. The Hall–Kier alpha value is -1.42. The van der Waals surface area contributed by atoms with Crippen LogP contribution in [-0.2, 0) is 0 Å². The molecule has 2 N–H and O–H groups in total. The molecule has 0 spiro atoms. The second-order valence-corrected chi connectivity index (χ2v) is 4.71. The van der Waals surface area contributed by atoms with Crippen LogP contribution in [0, 0.1) is 11.7 Å². The first-order chi connectivity index (χ1) is 7.98. The molecule has 0 amide bonds. The van der Waals surface area contributed by atoms with E-state index >= 15 is 0 Å². The predicted octanol–water partition coefficient (Wildman–Crippen LogP) is 2.14. The summed E-state index contributed by atoms with van der Waals surface area (Å²) in [5.74, 6) is -0.739. The van der Waals surface area contributed by atoms with Gasteiger partial charge in [-0.05, 0) is 37.8 Å². The molecule has 17 heavy (non-hydrogen) atoms. The van der Waals surface area contributed by atoms with Crippen molar-refractivity contribution in [3.63, 3.8) is 0 Å². The molecule has 0 heterocycles. The molecule has 1 unspecified atom stereocenters. The van der Waals surface area contributed by atoms with Gasteiger partial charge in [0.15, 0.2) is 17.3 Å². The van der Waals surface area contributed by atoms with E-state index in [1.165, 1.54) is 19.2 Å². The SMILES string of the molecule is COc1cccc(C(=O)C(C)(N)C2CC2)c1F. The van der Waals surface area contributed by atoms with Crippen molar-refractivity contribution < 1.29 is 13.9 Å². The summed E-state index contributed by atoms with van der Waals surface area (Å²) in [4.78, 5) is 12.2. The van der Waals surface area contributed by atoms with Gasteiger partial charge < -0.3 is 10.5 Å². The quantitative estimate of drug-likeness (QED) is 0.816. The number of carbonyl (C=O) groups is 1. The Bertz CT molecular complexity index is 453. The van der Waals surface area contributed by atoms with Crippen molar-refractivity contribution in [2.45, 2.75) is 25.3 Å². The summed E-state index contributed by atoms with van der Waals surface area (Å²) in [6, 6.07) is 4.53. The van der Waals surface area contributed by atoms with Crippen LogP contribution in [0.5, 0.6) is 5.75 Å². The number of halogens is 1. The number of ether oxygens (including phenoxy) is 1.